The summed E-state index contributed by atoms with van der Waals surface area (Å²) >= 11 is 0. The quantitative estimate of drug-likeness (QED) is 0.504. The number of hydrogen-bond donors (Lipinski definition) is 0. The number of methoxy groups -OCH3 is 1. The Morgan fingerprint density at radius 1 is 1.21 bits per heavy atom. The van der Waals surface area contributed by atoms with Crippen molar-refractivity contribution >= 4 is 5.91 Å². The van der Waals surface area contributed by atoms with Crippen LogP contribution in [0.1, 0.15) is 72.3 Å². The Hall–Kier alpha value is -1.55. The molecule has 0 bridgehead atoms. The first-order chi connectivity index (χ1) is 13.7. The monoisotopic (exact) mass is 403 g/mol. The van der Waals surface area contributed by atoms with Gasteiger partial charge in [0.25, 0.3) is 0 Å². The number of hydrogen-bond acceptors (Lipinski definition) is 3. The summed E-state index contributed by atoms with van der Waals surface area (Å²) in [5.74, 6) is 2.23. The third-order valence-corrected chi connectivity index (χ3v) is 6.48. The molecule has 1 amide bonds. The fourth-order valence-electron chi connectivity index (χ4n) is 4.29. The zero-order valence-electron chi connectivity index (χ0n) is 19.4. The van der Waals surface area contributed by atoms with Crippen LogP contribution >= 0.6 is 0 Å². The van der Waals surface area contributed by atoms with E-state index in [1.807, 2.05) is 29.2 Å². The molecule has 0 aliphatic carbocycles. The summed E-state index contributed by atoms with van der Waals surface area (Å²) in [6.45, 7) is 13.1. The van der Waals surface area contributed by atoms with Gasteiger partial charge in [-0.05, 0) is 60.6 Å². The van der Waals surface area contributed by atoms with E-state index >= 15 is 0 Å². The Balaban J connectivity index is 2.07. The minimum Gasteiger partial charge on any atom is -0.497 e. The lowest BCUT2D eigenvalue weighted by Gasteiger charge is -2.44. The third kappa shape index (κ3) is 7.33. The third-order valence-electron chi connectivity index (χ3n) is 6.48. The van der Waals surface area contributed by atoms with Crippen molar-refractivity contribution in [3.63, 3.8) is 0 Å². The van der Waals surface area contributed by atoms with Crippen molar-refractivity contribution in [2.24, 2.45) is 17.3 Å². The molecule has 0 spiro atoms. The maximum absolute atomic E-state index is 12.4. The molecule has 1 aliphatic heterocycles. The first-order valence-corrected chi connectivity index (χ1v) is 11.2. The van der Waals surface area contributed by atoms with Gasteiger partial charge in [-0.1, -0.05) is 46.2 Å². The largest absolute Gasteiger partial charge is 0.497 e. The molecule has 1 fully saturated rings. The van der Waals surface area contributed by atoms with Gasteiger partial charge < -0.3 is 14.4 Å². The van der Waals surface area contributed by atoms with Gasteiger partial charge in [0, 0.05) is 26.6 Å². The van der Waals surface area contributed by atoms with Gasteiger partial charge in [0.2, 0.25) is 5.91 Å². The van der Waals surface area contributed by atoms with Crippen LogP contribution in [0.2, 0.25) is 0 Å². The molecule has 4 nitrogen and oxygen atoms in total. The molecule has 0 N–H and O–H groups in total. The SMILES string of the molecule is COc1ccc(CN(CC[C@]2(CCC(C)C)CCO[C@@H](C(C)C)C2)C(C)=O)cc1. The van der Waals surface area contributed by atoms with Crippen LogP contribution in [-0.4, -0.2) is 37.2 Å². The van der Waals surface area contributed by atoms with Gasteiger partial charge in [0.15, 0.2) is 0 Å². The smallest absolute Gasteiger partial charge is 0.219 e. The summed E-state index contributed by atoms with van der Waals surface area (Å²) in [4.78, 5) is 14.4. The van der Waals surface area contributed by atoms with Crippen molar-refractivity contribution in [1.29, 1.82) is 0 Å². The molecule has 1 saturated heterocycles. The molecular weight excluding hydrogens is 362 g/mol. The van der Waals surface area contributed by atoms with E-state index in [4.69, 9.17) is 9.47 Å². The first kappa shape index (κ1) is 23.7. The number of amides is 1. The molecule has 164 valence electrons. The van der Waals surface area contributed by atoms with Crippen LogP contribution in [0.4, 0.5) is 0 Å². The van der Waals surface area contributed by atoms with E-state index in [-0.39, 0.29) is 11.3 Å². The fraction of sp³-hybridized carbons (Fsp3) is 0.720. The molecule has 1 aliphatic rings. The second kappa shape index (κ2) is 11.0. The standard InChI is InChI=1S/C25H41NO3/c1-19(2)11-12-25(14-16-29-24(17-25)20(3)4)13-15-26(21(5)27)18-22-7-9-23(28-6)10-8-22/h7-10,19-20,24H,11-18H2,1-6H3/t24-,25-/m1/s1. The Bertz CT molecular complexity index is 625. The number of benzene rings is 1. The highest BCUT2D eigenvalue weighted by molar-refractivity contribution is 5.73. The molecule has 0 aromatic heterocycles. The van der Waals surface area contributed by atoms with Crippen LogP contribution in [0.15, 0.2) is 24.3 Å². The maximum atomic E-state index is 12.4. The summed E-state index contributed by atoms with van der Waals surface area (Å²) in [6, 6.07) is 8.02. The molecular formula is C25H41NO3. The number of rotatable bonds is 10. The Morgan fingerprint density at radius 3 is 2.45 bits per heavy atom. The summed E-state index contributed by atoms with van der Waals surface area (Å²) in [5, 5.41) is 0. The normalized spacial score (nSPS) is 22.1. The van der Waals surface area contributed by atoms with Crippen molar-refractivity contribution in [2.45, 2.75) is 79.4 Å². The molecule has 0 unspecified atom stereocenters. The van der Waals surface area contributed by atoms with Gasteiger partial charge >= 0.3 is 0 Å². The summed E-state index contributed by atoms with van der Waals surface area (Å²) in [7, 11) is 1.67. The zero-order chi connectivity index (χ0) is 21.4. The molecule has 1 aromatic rings. The van der Waals surface area contributed by atoms with Crippen molar-refractivity contribution in [2.75, 3.05) is 20.3 Å². The van der Waals surface area contributed by atoms with Gasteiger partial charge in [-0.25, -0.2) is 0 Å². The van der Waals surface area contributed by atoms with Crippen molar-refractivity contribution < 1.29 is 14.3 Å². The van der Waals surface area contributed by atoms with Crippen LogP contribution in [0.3, 0.4) is 0 Å². The van der Waals surface area contributed by atoms with Gasteiger partial charge in [-0.2, -0.15) is 0 Å². The lowest BCUT2D eigenvalue weighted by atomic mass is 9.69. The summed E-state index contributed by atoms with van der Waals surface area (Å²) in [5.41, 5.74) is 1.43. The lowest BCUT2D eigenvalue weighted by Crippen LogP contribution is -2.41. The predicted molar refractivity (Wildman–Crippen MR) is 119 cm³/mol. The molecule has 2 atom stereocenters. The van der Waals surface area contributed by atoms with Crippen LogP contribution in [-0.2, 0) is 16.1 Å². The van der Waals surface area contributed by atoms with Crippen LogP contribution in [0.25, 0.3) is 0 Å². The van der Waals surface area contributed by atoms with Crippen LogP contribution < -0.4 is 4.74 Å². The average molecular weight is 404 g/mol. The number of carbonyl (C=O) groups is 1. The molecule has 1 heterocycles. The first-order valence-electron chi connectivity index (χ1n) is 11.2. The lowest BCUT2D eigenvalue weighted by molar-refractivity contribution is -0.130. The topological polar surface area (TPSA) is 38.8 Å². The molecule has 0 saturated carbocycles. The highest BCUT2D eigenvalue weighted by atomic mass is 16.5. The average Bonchev–Trinajstić information content (AvgIpc) is 2.70. The van der Waals surface area contributed by atoms with Crippen LogP contribution in [0.5, 0.6) is 5.75 Å². The van der Waals surface area contributed by atoms with Crippen molar-refractivity contribution in [3.8, 4) is 5.75 Å². The maximum Gasteiger partial charge on any atom is 0.219 e. The van der Waals surface area contributed by atoms with Crippen molar-refractivity contribution in [1.82, 2.24) is 4.90 Å². The Kier molecular flexibility index (Phi) is 9.01. The molecule has 2 rings (SSSR count). The van der Waals surface area contributed by atoms with E-state index in [0.717, 1.165) is 43.7 Å². The molecule has 29 heavy (non-hydrogen) atoms. The second-order valence-corrected chi connectivity index (χ2v) is 9.58. The number of nitrogens with zero attached hydrogens (tertiary/aromatic N) is 1. The number of ether oxygens (including phenoxy) is 2. The van der Waals surface area contributed by atoms with E-state index in [2.05, 4.69) is 27.7 Å². The van der Waals surface area contributed by atoms with E-state index in [1.165, 1.54) is 12.8 Å². The van der Waals surface area contributed by atoms with Crippen LogP contribution in [0, 0.1) is 17.3 Å². The molecule has 4 heteroatoms. The van der Waals surface area contributed by atoms with Crippen molar-refractivity contribution in [3.05, 3.63) is 29.8 Å². The minimum atomic E-state index is 0.146. The molecule has 1 aromatic carbocycles. The molecule has 0 radical (unpaired) electrons. The zero-order valence-corrected chi connectivity index (χ0v) is 19.4. The van der Waals surface area contributed by atoms with E-state index < -0.39 is 0 Å². The predicted octanol–water partition coefficient (Wildman–Crippen LogP) is 5.69. The Labute approximate surface area is 178 Å². The number of carbonyl (C=O) groups excluding carboxylic acids is 1. The van der Waals surface area contributed by atoms with Gasteiger partial charge in [-0.15, -0.1) is 0 Å². The van der Waals surface area contributed by atoms with Gasteiger partial charge in [-0.3, -0.25) is 4.79 Å². The Morgan fingerprint density at radius 2 is 1.90 bits per heavy atom. The van der Waals surface area contributed by atoms with E-state index in [1.54, 1.807) is 14.0 Å². The minimum absolute atomic E-state index is 0.146. The summed E-state index contributed by atoms with van der Waals surface area (Å²) < 4.78 is 11.3. The second-order valence-electron chi connectivity index (χ2n) is 9.58. The highest BCUT2D eigenvalue weighted by Gasteiger charge is 2.38. The highest BCUT2D eigenvalue weighted by Crippen LogP contribution is 2.43. The van der Waals surface area contributed by atoms with E-state index in [0.29, 0.717) is 24.5 Å². The van der Waals surface area contributed by atoms with Gasteiger partial charge in [0.05, 0.1) is 13.2 Å². The summed E-state index contributed by atoms with van der Waals surface area (Å²) in [6.07, 6.45) is 6.09. The fourth-order valence-corrected chi connectivity index (χ4v) is 4.29. The van der Waals surface area contributed by atoms with E-state index in [9.17, 15) is 4.79 Å². The van der Waals surface area contributed by atoms with Gasteiger partial charge in [0.1, 0.15) is 5.75 Å².